The predicted molar refractivity (Wildman–Crippen MR) is 103 cm³/mol. The number of aliphatic hydroxyl groups excluding tert-OH is 2. The number of nitrogens with zero attached hydrogens (tertiary/aromatic N) is 4. The molecule has 2 heterocycles. The summed E-state index contributed by atoms with van der Waals surface area (Å²) in [4.78, 5) is 13.6. The van der Waals surface area contributed by atoms with E-state index < -0.39 is 11.5 Å². The van der Waals surface area contributed by atoms with E-state index in [1.165, 1.54) is 0 Å². The van der Waals surface area contributed by atoms with Crippen LogP contribution in [0.15, 0.2) is 48.5 Å². The van der Waals surface area contributed by atoms with E-state index in [0.717, 1.165) is 0 Å². The maximum absolute atomic E-state index is 9.99. The van der Waals surface area contributed by atoms with Crippen LogP contribution in [0.1, 0.15) is 44.0 Å². The van der Waals surface area contributed by atoms with E-state index >= 15 is 0 Å². The van der Waals surface area contributed by atoms with Gasteiger partial charge in [-0.1, -0.05) is 23.1 Å². The maximum Gasteiger partial charge on any atom is 0.176 e. The van der Waals surface area contributed by atoms with Crippen LogP contribution in [0, 0.1) is 17.3 Å². The van der Waals surface area contributed by atoms with Gasteiger partial charge in [0.1, 0.15) is 24.0 Å². The summed E-state index contributed by atoms with van der Waals surface area (Å²) in [6.45, 7) is 9.48. The summed E-state index contributed by atoms with van der Waals surface area (Å²) in [6, 6.07) is 3.50. The van der Waals surface area contributed by atoms with Gasteiger partial charge in [0, 0.05) is 24.2 Å². The van der Waals surface area contributed by atoms with E-state index in [4.69, 9.17) is 9.94 Å². The van der Waals surface area contributed by atoms with Gasteiger partial charge in [-0.3, -0.25) is 9.55 Å². The molecule has 27 heavy (non-hydrogen) atoms. The van der Waals surface area contributed by atoms with Gasteiger partial charge in [0.25, 0.3) is 0 Å². The molecule has 7 nitrogen and oxygen atoms in total. The molecule has 0 fully saturated rings. The Morgan fingerprint density at radius 1 is 1.48 bits per heavy atom. The highest BCUT2D eigenvalue weighted by molar-refractivity contribution is 5.94. The van der Waals surface area contributed by atoms with Crippen LogP contribution in [0.5, 0.6) is 0 Å². The summed E-state index contributed by atoms with van der Waals surface area (Å²) < 4.78 is 1.66. The minimum atomic E-state index is -0.880. The highest BCUT2D eigenvalue weighted by Crippen LogP contribution is 2.24. The summed E-state index contributed by atoms with van der Waals surface area (Å²) in [6.07, 6.45) is 5.75. The lowest BCUT2D eigenvalue weighted by molar-refractivity contribution is 0.154. The van der Waals surface area contributed by atoms with Crippen molar-refractivity contribution in [2.45, 2.75) is 33.5 Å². The Kier molecular flexibility index (Phi) is 6.88. The van der Waals surface area contributed by atoms with Crippen molar-refractivity contribution in [3.8, 4) is 11.8 Å². The van der Waals surface area contributed by atoms with Crippen molar-refractivity contribution < 1.29 is 15.1 Å². The molecule has 0 aliphatic rings. The average Bonchev–Trinajstić information content (AvgIpc) is 3.16. The molecular weight excluding hydrogens is 344 g/mol. The van der Waals surface area contributed by atoms with Crippen LogP contribution in [0.25, 0.3) is 0 Å². The van der Waals surface area contributed by atoms with Gasteiger partial charge in [0.05, 0.1) is 12.3 Å². The number of hydrogen-bond donors (Lipinski definition) is 2. The quantitative estimate of drug-likeness (QED) is 0.268. The number of oxime groups is 1. The van der Waals surface area contributed by atoms with Gasteiger partial charge in [-0.2, -0.15) is 0 Å². The van der Waals surface area contributed by atoms with Gasteiger partial charge in [-0.25, -0.2) is 4.98 Å². The van der Waals surface area contributed by atoms with Gasteiger partial charge in [0.2, 0.25) is 0 Å². The van der Waals surface area contributed by atoms with Crippen LogP contribution in [0.3, 0.4) is 0 Å². The summed E-state index contributed by atoms with van der Waals surface area (Å²) in [7, 11) is 0. The first-order valence-corrected chi connectivity index (χ1v) is 8.59. The van der Waals surface area contributed by atoms with E-state index in [9.17, 15) is 5.11 Å². The summed E-state index contributed by atoms with van der Waals surface area (Å²) in [5.41, 5.74) is 0.387. The Morgan fingerprint density at radius 2 is 2.26 bits per heavy atom. The maximum atomic E-state index is 9.99. The zero-order valence-electron chi connectivity index (χ0n) is 15.8. The van der Waals surface area contributed by atoms with Crippen LogP contribution in [0.2, 0.25) is 0 Å². The molecule has 142 valence electrons. The fourth-order valence-corrected chi connectivity index (χ4v) is 2.31. The molecule has 0 aromatic carbocycles. The lowest BCUT2D eigenvalue weighted by Gasteiger charge is -2.23. The Bertz CT molecular complexity index is 859. The molecule has 0 bridgehead atoms. The van der Waals surface area contributed by atoms with Crippen LogP contribution < -0.4 is 0 Å². The third-order valence-corrected chi connectivity index (χ3v) is 3.88. The number of aromatic nitrogens is 3. The molecule has 7 heteroatoms. The van der Waals surface area contributed by atoms with Crippen LogP contribution in [-0.2, 0) is 11.4 Å². The molecule has 2 atom stereocenters. The van der Waals surface area contributed by atoms with E-state index in [1.807, 2.05) is 13.8 Å². The molecule has 0 amide bonds. The van der Waals surface area contributed by atoms with Crippen LogP contribution in [0.4, 0.5) is 0 Å². The van der Waals surface area contributed by atoms with Crippen molar-refractivity contribution in [1.29, 1.82) is 0 Å². The molecule has 2 aromatic heterocycles. The lowest BCUT2D eigenvalue weighted by atomic mass is 9.89. The SMILES string of the molecule is C=C[C@@](C)(C#Cc1ccc(CO)nc1)/C(=N\OCC)n1ccnc1[C@H](C)O. The van der Waals surface area contributed by atoms with E-state index in [0.29, 0.717) is 29.5 Å². The average molecular weight is 368 g/mol. The zero-order chi connectivity index (χ0) is 19.9. The van der Waals surface area contributed by atoms with Crippen LogP contribution >= 0.6 is 0 Å². The van der Waals surface area contributed by atoms with Crippen molar-refractivity contribution >= 4 is 5.84 Å². The van der Waals surface area contributed by atoms with E-state index in [-0.39, 0.29) is 6.61 Å². The van der Waals surface area contributed by atoms with Crippen molar-refractivity contribution in [3.05, 3.63) is 60.5 Å². The summed E-state index contributed by atoms with van der Waals surface area (Å²) in [5.74, 6) is 7.08. The second-order valence-corrected chi connectivity index (χ2v) is 6.02. The largest absolute Gasteiger partial charge is 0.395 e. The van der Waals surface area contributed by atoms with Crippen LogP contribution in [-0.4, -0.2) is 37.2 Å². The number of imidazole rings is 1. The summed E-state index contributed by atoms with van der Waals surface area (Å²) in [5, 5.41) is 23.3. The minimum absolute atomic E-state index is 0.119. The molecule has 0 aliphatic heterocycles. The second-order valence-electron chi connectivity index (χ2n) is 6.02. The van der Waals surface area contributed by atoms with Gasteiger partial charge in [-0.15, -0.1) is 6.58 Å². The normalized spacial score (nSPS) is 14.6. The first-order chi connectivity index (χ1) is 12.9. The molecule has 0 saturated carbocycles. The van der Waals surface area contributed by atoms with Crippen molar-refractivity contribution in [3.63, 3.8) is 0 Å². The molecule has 2 rings (SSSR count). The standard InChI is InChI=1S/C20H24N4O3/c1-5-20(4,10-9-16-7-8-17(14-25)22-13-16)19(23-27-6-2)24-12-11-21-18(24)15(3)26/h5,7-8,11-13,15,25-26H,1,6,14H2,2-4H3/b23-19+/t15-,20-/m0/s1. The number of rotatable bonds is 6. The smallest absolute Gasteiger partial charge is 0.176 e. The monoisotopic (exact) mass is 368 g/mol. The minimum Gasteiger partial charge on any atom is -0.395 e. The van der Waals surface area contributed by atoms with Crippen molar-refractivity contribution in [2.75, 3.05) is 6.61 Å². The Balaban J connectivity index is 2.49. The third kappa shape index (κ3) is 4.82. The number of aliphatic hydroxyl groups is 2. The zero-order valence-corrected chi connectivity index (χ0v) is 15.8. The lowest BCUT2D eigenvalue weighted by Crippen LogP contribution is -2.32. The molecule has 0 radical (unpaired) electrons. The second kappa shape index (κ2) is 9.12. The number of hydrogen-bond acceptors (Lipinski definition) is 6. The highest BCUT2D eigenvalue weighted by Gasteiger charge is 2.30. The van der Waals surface area contributed by atoms with Gasteiger partial charge in [0.15, 0.2) is 5.84 Å². The van der Waals surface area contributed by atoms with Crippen molar-refractivity contribution in [1.82, 2.24) is 14.5 Å². The van der Waals surface area contributed by atoms with Gasteiger partial charge >= 0.3 is 0 Å². The van der Waals surface area contributed by atoms with Crippen molar-refractivity contribution in [2.24, 2.45) is 10.6 Å². The first-order valence-electron chi connectivity index (χ1n) is 8.59. The Labute approximate surface area is 159 Å². The van der Waals surface area contributed by atoms with E-state index in [2.05, 4.69) is 33.5 Å². The number of allylic oxidation sites excluding steroid dienone is 1. The molecule has 2 N–H and O–H groups in total. The molecule has 0 unspecified atom stereocenters. The predicted octanol–water partition coefficient (Wildman–Crippen LogP) is 2.27. The molecular formula is C20H24N4O3. The topological polar surface area (TPSA) is 92.8 Å². The molecule has 0 spiro atoms. The Morgan fingerprint density at radius 3 is 2.81 bits per heavy atom. The van der Waals surface area contributed by atoms with E-state index in [1.54, 1.807) is 48.3 Å². The molecule has 2 aromatic rings. The molecule has 0 aliphatic carbocycles. The fourth-order valence-electron chi connectivity index (χ4n) is 2.31. The summed E-state index contributed by atoms with van der Waals surface area (Å²) >= 11 is 0. The highest BCUT2D eigenvalue weighted by atomic mass is 16.6. The fraction of sp³-hybridized carbons (Fsp3) is 0.350. The third-order valence-electron chi connectivity index (χ3n) is 3.88. The molecule has 0 saturated heterocycles. The number of pyridine rings is 1. The van der Waals surface area contributed by atoms with Gasteiger partial charge in [-0.05, 0) is 32.9 Å². The van der Waals surface area contributed by atoms with Gasteiger partial charge < -0.3 is 15.1 Å². The Hall–Kier alpha value is -2.95. The first kappa shape index (κ1) is 20.4.